The maximum Gasteiger partial charge on any atom is 0.283 e. The number of oxime groups is 1. The second-order valence-electron chi connectivity index (χ2n) is 2.13. The molecule has 62 valence electrons. The molecule has 0 spiro atoms. The lowest BCUT2D eigenvalue weighted by Gasteiger charge is -2.00. The fourth-order valence-corrected chi connectivity index (χ4v) is 0.744. The zero-order chi connectivity index (χ0) is 8.27. The lowest BCUT2D eigenvalue weighted by atomic mass is 10.2. The molecule has 0 aliphatic carbocycles. The van der Waals surface area contributed by atoms with Gasteiger partial charge in [0.1, 0.15) is 5.71 Å². The van der Waals surface area contributed by atoms with E-state index in [-0.39, 0.29) is 12.3 Å². The summed E-state index contributed by atoms with van der Waals surface area (Å²) in [5.74, 6) is 4.37. The summed E-state index contributed by atoms with van der Waals surface area (Å²) in [4.78, 5) is 15.4. The predicted octanol–water partition coefficient (Wildman–Crippen LogP) is -1.89. The molecule has 1 amide bonds. The zero-order valence-corrected chi connectivity index (χ0v) is 5.78. The van der Waals surface area contributed by atoms with Crippen LogP contribution in [0.3, 0.4) is 0 Å². The van der Waals surface area contributed by atoms with E-state index >= 15 is 0 Å². The van der Waals surface area contributed by atoms with Crippen LogP contribution in [0.1, 0.15) is 6.42 Å². The number of hydrogen-bond donors (Lipinski definition) is 3. The molecule has 11 heavy (non-hydrogen) atoms. The number of hydrogen-bond acceptors (Lipinski definition) is 5. The van der Waals surface area contributed by atoms with Gasteiger partial charge in [0.25, 0.3) is 5.91 Å². The van der Waals surface area contributed by atoms with Crippen LogP contribution in [0, 0.1) is 0 Å². The van der Waals surface area contributed by atoms with E-state index in [1.165, 1.54) is 0 Å². The van der Waals surface area contributed by atoms with Crippen molar-refractivity contribution in [2.24, 2.45) is 11.0 Å². The van der Waals surface area contributed by atoms with Crippen molar-refractivity contribution in [2.45, 2.75) is 12.5 Å². The minimum absolute atomic E-state index is 0.148. The molecule has 0 fully saturated rings. The maximum absolute atomic E-state index is 10.7. The van der Waals surface area contributed by atoms with Crippen LogP contribution in [-0.4, -0.2) is 29.4 Å². The highest BCUT2D eigenvalue weighted by Crippen LogP contribution is 2.08. The molecule has 0 saturated heterocycles. The highest BCUT2D eigenvalue weighted by atomic mass is 16.6. The number of nitrogens with zero attached hydrogens (tertiary/aromatic N) is 1. The number of nitrogens with two attached hydrogens (primary N) is 1. The monoisotopic (exact) mass is 159 g/mol. The van der Waals surface area contributed by atoms with Crippen LogP contribution in [-0.2, 0) is 9.63 Å². The molecule has 1 heterocycles. The van der Waals surface area contributed by atoms with Gasteiger partial charge in [-0.1, -0.05) is 5.16 Å². The number of aliphatic hydroxyl groups excluding tert-OH is 1. The van der Waals surface area contributed by atoms with E-state index in [1.807, 2.05) is 5.43 Å². The molecular weight excluding hydrogens is 150 g/mol. The van der Waals surface area contributed by atoms with Gasteiger partial charge in [0.15, 0.2) is 6.10 Å². The first-order valence-electron chi connectivity index (χ1n) is 3.12. The molecule has 0 radical (unpaired) electrons. The summed E-state index contributed by atoms with van der Waals surface area (Å²) in [5, 5.41) is 12.0. The largest absolute Gasteiger partial charge is 0.392 e. The second-order valence-corrected chi connectivity index (χ2v) is 2.13. The maximum atomic E-state index is 10.7. The second kappa shape index (κ2) is 3.31. The van der Waals surface area contributed by atoms with Gasteiger partial charge in [0, 0.05) is 6.42 Å². The number of nitrogens with one attached hydrogen (secondary N) is 1. The van der Waals surface area contributed by atoms with Gasteiger partial charge >= 0.3 is 0 Å². The Morgan fingerprint density at radius 1 is 2.00 bits per heavy atom. The highest BCUT2D eigenvalue weighted by Gasteiger charge is 2.24. The Kier molecular flexibility index (Phi) is 2.40. The number of aliphatic hydroxyl groups is 1. The highest BCUT2D eigenvalue weighted by molar-refractivity contribution is 6.38. The van der Waals surface area contributed by atoms with E-state index in [0.717, 1.165) is 0 Å². The lowest BCUT2D eigenvalue weighted by molar-refractivity contribution is -0.114. The van der Waals surface area contributed by atoms with E-state index in [1.54, 1.807) is 0 Å². The summed E-state index contributed by atoms with van der Waals surface area (Å²) in [6, 6.07) is 0. The number of rotatable bonds is 2. The van der Waals surface area contributed by atoms with Gasteiger partial charge < -0.3 is 9.94 Å². The Morgan fingerprint density at radius 3 is 3.18 bits per heavy atom. The summed E-state index contributed by atoms with van der Waals surface area (Å²) < 4.78 is 0. The van der Waals surface area contributed by atoms with Crippen LogP contribution < -0.4 is 11.3 Å². The van der Waals surface area contributed by atoms with Crippen molar-refractivity contribution in [3.63, 3.8) is 0 Å². The van der Waals surface area contributed by atoms with E-state index in [4.69, 9.17) is 10.9 Å². The Morgan fingerprint density at radius 2 is 2.73 bits per heavy atom. The van der Waals surface area contributed by atoms with Crippen LogP contribution in [0.15, 0.2) is 5.16 Å². The van der Waals surface area contributed by atoms with Crippen molar-refractivity contribution in [1.82, 2.24) is 5.43 Å². The molecule has 0 aromatic carbocycles. The van der Waals surface area contributed by atoms with Gasteiger partial charge in [-0.2, -0.15) is 0 Å². The molecule has 1 atom stereocenters. The van der Waals surface area contributed by atoms with Crippen molar-refractivity contribution in [2.75, 3.05) is 6.61 Å². The zero-order valence-electron chi connectivity index (χ0n) is 5.78. The fraction of sp³-hybridized carbons (Fsp3) is 0.600. The summed E-state index contributed by atoms with van der Waals surface area (Å²) >= 11 is 0. The molecule has 0 bridgehead atoms. The van der Waals surface area contributed by atoms with Gasteiger partial charge in [-0.05, 0) is 0 Å². The third kappa shape index (κ3) is 1.66. The normalized spacial score (nSPS) is 22.4. The molecule has 1 aliphatic rings. The van der Waals surface area contributed by atoms with Gasteiger partial charge in [-0.15, -0.1) is 0 Å². The van der Waals surface area contributed by atoms with Gasteiger partial charge in [0.05, 0.1) is 6.61 Å². The van der Waals surface area contributed by atoms with Crippen LogP contribution >= 0.6 is 0 Å². The SMILES string of the molecule is NNC(=O)C1=NO[C@@H](CO)C1. The first kappa shape index (κ1) is 7.96. The molecule has 6 heteroatoms. The van der Waals surface area contributed by atoms with Gasteiger partial charge in [-0.3, -0.25) is 10.2 Å². The van der Waals surface area contributed by atoms with Gasteiger partial charge in [0.2, 0.25) is 0 Å². The number of hydrazine groups is 1. The fourth-order valence-electron chi connectivity index (χ4n) is 0.744. The molecule has 1 rings (SSSR count). The summed E-state index contributed by atoms with van der Waals surface area (Å²) in [5.41, 5.74) is 2.13. The molecule has 0 aromatic heterocycles. The van der Waals surface area contributed by atoms with E-state index in [0.29, 0.717) is 6.42 Å². The molecular formula is C5H9N3O3. The Labute approximate surface area is 63.0 Å². The van der Waals surface area contributed by atoms with Crippen molar-refractivity contribution < 1.29 is 14.7 Å². The standard InChI is InChI=1S/C5H9N3O3/c6-7-5(10)4-1-3(2-9)11-8-4/h3,9H,1-2,6H2,(H,7,10)/t3-/m1/s1. The van der Waals surface area contributed by atoms with E-state index in [9.17, 15) is 4.79 Å². The van der Waals surface area contributed by atoms with Crippen LogP contribution in [0.4, 0.5) is 0 Å². The molecule has 0 saturated carbocycles. The Hall–Kier alpha value is -1.14. The summed E-state index contributed by atoms with van der Waals surface area (Å²) in [6.45, 7) is -0.148. The van der Waals surface area contributed by atoms with Crippen molar-refractivity contribution >= 4 is 11.6 Å². The first-order chi connectivity index (χ1) is 5.27. The molecule has 4 N–H and O–H groups in total. The van der Waals surface area contributed by atoms with E-state index in [2.05, 4.69) is 9.99 Å². The third-order valence-corrected chi connectivity index (χ3v) is 1.33. The van der Waals surface area contributed by atoms with Crippen molar-refractivity contribution in [1.29, 1.82) is 0 Å². The average Bonchev–Trinajstić information content (AvgIpc) is 2.50. The predicted molar refractivity (Wildman–Crippen MR) is 36.3 cm³/mol. The summed E-state index contributed by atoms with van der Waals surface area (Å²) in [6.07, 6.45) is -0.0956. The first-order valence-corrected chi connectivity index (χ1v) is 3.12. The molecule has 6 nitrogen and oxygen atoms in total. The quantitative estimate of drug-likeness (QED) is 0.249. The number of carbonyl (C=O) groups is 1. The van der Waals surface area contributed by atoms with Crippen LogP contribution in [0.25, 0.3) is 0 Å². The average molecular weight is 159 g/mol. The Balaban J connectivity index is 2.45. The number of carbonyl (C=O) groups excluding carboxylic acids is 1. The minimum Gasteiger partial charge on any atom is -0.392 e. The van der Waals surface area contributed by atoms with Crippen molar-refractivity contribution in [3.8, 4) is 0 Å². The topological polar surface area (TPSA) is 96.9 Å². The molecule has 0 aromatic rings. The molecule has 0 unspecified atom stereocenters. The van der Waals surface area contributed by atoms with Crippen LogP contribution in [0.2, 0.25) is 0 Å². The minimum atomic E-state index is -0.471. The lowest BCUT2D eigenvalue weighted by Crippen LogP contribution is -2.36. The van der Waals surface area contributed by atoms with Crippen molar-refractivity contribution in [3.05, 3.63) is 0 Å². The van der Waals surface area contributed by atoms with Crippen LogP contribution in [0.5, 0.6) is 0 Å². The van der Waals surface area contributed by atoms with Gasteiger partial charge in [-0.25, -0.2) is 5.84 Å². The smallest absolute Gasteiger partial charge is 0.283 e. The van der Waals surface area contributed by atoms with E-state index < -0.39 is 12.0 Å². The number of amides is 1. The summed E-state index contributed by atoms with van der Waals surface area (Å²) in [7, 11) is 0. The third-order valence-electron chi connectivity index (χ3n) is 1.33. The molecule has 1 aliphatic heterocycles. The Bertz CT molecular complexity index is 191.